The Balaban J connectivity index is 1.65. The minimum Gasteiger partial charge on any atom is -0.371 e. The molecule has 2 saturated heterocycles. The molecule has 1 spiro atoms. The zero-order valence-corrected chi connectivity index (χ0v) is 13.6. The second-order valence-electron chi connectivity index (χ2n) is 5.95. The minimum atomic E-state index is -3.15. The van der Waals surface area contributed by atoms with Gasteiger partial charge in [0, 0.05) is 31.9 Å². The molecule has 8 heteroatoms. The van der Waals surface area contributed by atoms with Crippen LogP contribution in [0, 0.1) is 0 Å². The van der Waals surface area contributed by atoms with Gasteiger partial charge in [-0.15, -0.1) is 0 Å². The van der Waals surface area contributed by atoms with Gasteiger partial charge in [-0.1, -0.05) is 0 Å². The third-order valence-corrected chi connectivity index (χ3v) is 6.20. The third kappa shape index (κ3) is 3.23. The Labute approximate surface area is 131 Å². The number of rotatable bonds is 4. The van der Waals surface area contributed by atoms with E-state index in [0.29, 0.717) is 25.6 Å². The highest BCUT2D eigenvalue weighted by Crippen LogP contribution is 2.36. The lowest BCUT2D eigenvalue weighted by atomic mass is 9.90. The standard InChI is InChI=1S/C14H22N4O3S/c1-2-22(19,20)18-8-3-5-14(11-18)9-12(10-21-14)17-13-15-6-4-7-16-13/h4,6-7,12H,2-3,5,8-11H2,1H3,(H,15,16,17)/t12-,14+/m1/s1. The van der Waals surface area contributed by atoms with Crippen LogP contribution in [-0.4, -0.2) is 59.8 Å². The number of piperidine rings is 1. The van der Waals surface area contributed by atoms with E-state index in [9.17, 15) is 8.42 Å². The summed E-state index contributed by atoms with van der Waals surface area (Å²) >= 11 is 0. The van der Waals surface area contributed by atoms with E-state index in [-0.39, 0.29) is 17.4 Å². The fourth-order valence-corrected chi connectivity index (χ4v) is 4.46. The van der Waals surface area contributed by atoms with Crippen molar-refractivity contribution in [3.63, 3.8) is 0 Å². The average Bonchev–Trinajstić information content (AvgIpc) is 2.90. The number of nitrogens with zero attached hydrogens (tertiary/aromatic N) is 3. The molecule has 2 aliphatic rings. The lowest BCUT2D eigenvalue weighted by molar-refractivity contribution is -0.0329. The fraction of sp³-hybridized carbons (Fsp3) is 0.714. The van der Waals surface area contributed by atoms with Gasteiger partial charge in [0.15, 0.2) is 0 Å². The molecular formula is C14H22N4O3S. The predicted molar refractivity (Wildman–Crippen MR) is 83.0 cm³/mol. The second-order valence-corrected chi connectivity index (χ2v) is 8.21. The summed E-state index contributed by atoms with van der Waals surface area (Å²) in [5.41, 5.74) is -0.368. The van der Waals surface area contributed by atoms with Gasteiger partial charge in [-0.2, -0.15) is 4.31 Å². The van der Waals surface area contributed by atoms with E-state index in [1.807, 2.05) is 0 Å². The molecule has 2 atom stereocenters. The van der Waals surface area contributed by atoms with E-state index in [4.69, 9.17) is 4.74 Å². The Morgan fingerprint density at radius 1 is 1.45 bits per heavy atom. The molecular weight excluding hydrogens is 304 g/mol. The van der Waals surface area contributed by atoms with Crippen LogP contribution < -0.4 is 5.32 Å². The third-order valence-electron chi connectivity index (χ3n) is 4.37. The first-order valence-corrected chi connectivity index (χ1v) is 9.29. The molecule has 1 N–H and O–H groups in total. The molecule has 1 aromatic heterocycles. The molecule has 0 aromatic carbocycles. The van der Waals surface area contributed by atoms with Crippen LogP contribution in [0.25, 0.3) is 0 Å². The number of hydrogen-bond acceptors (Lipinski definition) is 6. The van der Waals surface area contributed by atoms with Crippen molar-refractivity contribution in [2.45, 2.75) is 37.8 Å². The van der Waals surface area contributed by atoms with Crippen LogP contribution in [0.5, 0.6) is 0 Å². The molecule has 2 aliphatic heterocycles. The van der Waals surface area contributed by atoms with Gasteiger partial charge in [-0.05, 0) is 25.8 Å². The van der Waals surface area contributed by atoms with Crippen LogP contribution in [0.3, 0.4) is 0 Å². The van der Waals surface area contributed by atoms with Crippen molar-refractivity contribution in [2.75, 3.05) is 30.8 Å². The molecule has 3 rings (SSSR count). The van der Waals surface area contributed by atoms with Crippen LogP contribution >= 0.6 is 0 Å². The van der Waals surface area contributed by atoms with Crippen molar-refractivity contribution in [1.29, 1.82) is 0 Å². The van der Waals surface area contributed by atoms with E-state index in [1.165, 1.54) is 0 Å². The molecule has 22 heavy (non-hydrogen) atoms. The molecule has 0 amide bonds. The first-order chi connectivity index (χ1) is 10.5. The molecule has 0 bridgehead atoms. The maximum absolute atomic E-state index is 12.1. The molecule has 0 saturated carbocycles. The molecule has 0 radical (unpaired) electrons. The van der Waals surface area contributed by atoms with Crippen LogP contribution in [0.15, 0.2) is 18.5 Å². The van der Waals surface area contributed by atoms with Gasteiger partial charge in [-0.25, -0.2) is 18.4 Å². The van der Waals surface area contributed by atoms with Gasteiger partial charge in [0.2, 0.25) is 16.0 Å². The first kappa shape index (κ1) is 15.6. The Kier molecular flexibility index (Phi) is 4.33. The maximum Gasteiger partial charge on any atom is 0.222 e. The molecule has 7 nitrogen and oxygen atoms in total. The highest BCUT2D eigenvalue weighted by Gasteiger charge is 2.45. The largest absolute Gasteiger partial charge is 0.371 e. The SMILES string of the molecule is CCS(=O)(=O)N1CCC[C@]2(C[C@@H](Nc3ncccn3)CO2)C1. The predicted octanol–water partition coefficient (Wildman–Crippen LogP) is 0.862. The van der Waals surface area contributed by atoms with Gasteiger partial charge in [0.05, 0.1) is 24.0 Å². The highest BCUT2D eigenvalue weighted by molar-refractivity contribution is 7.89. The Morgan fingerprint density at radius 2 is 2.23 bits per heavy atom. The first-order valence-electron chi connectivity index (χ1n) is 7.68. The molecule has 1 aromatic rings. The number of aromatic nitrogens is 2. The van der Waals surface area contributed by atoms with E-state index in [2.05, 4.69) is 15.3 Å². The summed E-state index contributed by atoms with van der Waals surface area (Å²) in [5, 5.41) is 3.26. The van der Waals surface area contributed by atoms with Gasteiger partial charge >= 0.3 is 0 Å². The second kappa shape index (κ2) is 6.10. The fourth-order valence-electron chi connectivity index (χ4n) is 3.25. The summed E-state index contributed by atoms with van der Waals surface area (Å²) in [4.78, 5) is 8.32. The average molecular weight is 326 g/mol. The molecule has 3 heterocycles. The Morgan fingerprint density at radius 3 is 2.95 bits per heavy atom. The van der Waals surface area contributed by atoms with Gasteiger partial charge in [-0.3, -0.25) is 0 Å². The highest BCUT2D eigenvalue weighted by atomic mass is 32.2. The lowest BCUT2D eigenvalue weighted by Crippen LogP contribution is -2.50. The zero-order chi connectivity index (χ0) is 15.6. The normalized spacial score (nSPS) is 29.8. The van der Waals surface area contributed by atoms with Gasteiger partial charge in [0.1, 0.15) is 0 Å². The van der Waals surface area contributed by atoms with E-state index in [0.717, 1.165) is 19.3 Å². The molecule has 0 unspecified atom stereocenters. The van der Waals surface area contributed by atoms with Crippen molar-refractivity contribution in [3.05, 3.63) is 18.5 Å². The van der Waals surface area contributed by atoms with Crippen molar-refractivity contribution in [3.8, 4) is 0 Å². The van der Waals surface area contributed by atoms with Crippen molar-refractivity contribution in [2.24, 2.45) is 0 Å². The quantitative estimate of drug-likeness (QED) is 0.883. The summed E-state index contributed by atoms with van der Waals surface area (Å²) in [5.74, 6) is 0.727. The number of sulfonamides is 1. The van der Waals surface area contributed by atoms with E-state index < -0.39 is 10.0 Å². The number of hydrogen-bond donors (Lipinski definition) is 1. The van der Waals surface area contributed by atoms with E-state index >= 15 is 0 Å². The summed E-state index contributed by atoms with van der Waals surface area (Å²) in [6.07, 6.45) is 5.90. The zero-order valence-electron chi connectivity index (χ0n) is 12.7. The minimum absolute atomic E-state index is 0.117. The van der Waals surface area contributed by atoms with Gasteiger partial charge < -0.3 is 10.1 Å². The van der Waals surface area contributed by atoms with Crippen molar-refractivity contribution >= 4 is 16.0 Å². The topological polar surface area (TPSA) is 84.4 Å². The smallest absolute Gasteiger partial charge is 0.222 e. The van der Waals surface area contributed by atoms with Crippen LogP contribution in [0.1, 0.15) is 26.2 Å². The van der Waals surface area contributed by atoms with Crippen molar-refractivity contribution < 1.29 is 13.2 Å². The summed E-state index contributed by atoms with van der Waals surface area (Å²) in [6, 6.07) is 1.89. The number of anilines is 1. The van der Waals surface area contributed by atoms with Crippen molar-refractivity contribution in [1.82, 2.24) is 14.3 Å². The van der Waals surface area contributed by atoms with Gasteiger partial charge in [0.25, 0.3) is 0 Å². The molecule has 2 fully saturated rings. The Bertz CT molecular complexity index is 610. The maximum atomic E-state index is 12.1. The number of nitrogens with one attached hydrogen (secondary N) is 1. The number of ether oxygens (including phenoxy) is 1. The summed E-state index contributed by atoms with van der Waals surface area (Å²) in [6.45, 7) is 3.29. The van der Waals surface area contributed by atoms with Crippen LogP contribution in [0.4, 0.5) is 5.95 Å². The Hall–Kier alpha value is -1.25. The molecule has 122 valence electrons. The van der Waals surface area contributed by atoms with Crippen LogP contribution in [0.2, 0.25) is 0 Å². The molecule has 0 aliphatic carbocycles. The van der Waals surface area contributed by atoms with Crippen LogP contribution in [-0.2, 0) is 14.8 Å². The lowest BCUT2D eigenvalue weighted by Gasteiger charge is -2.38. The van der Waals surface area contributed by atoms with E-state index in [1.54, 1.807) is 29.7 Å². The summed E-state index contributed by atoms with van der Waals surface area (Å²) < 4.78 is 31.8. The summed E-state index contributed by atoms with van der Waals surface area (Å²) in [7, 11) is -3.15. The monoisotopic (exact) mass is 326 g/mol.